The first-order chi connectivity index (χ1) is 13.4. The molecule has 3 rings (SSSR count). The van der Waals surface area contributed by atoms with Crippen molar-refractivity contribution in [2.75, 3.05) is 13.1 Å². The summed E-state index contributed by atoms with van der Waals surface area (Å²) in [6.07, 6.45) is 0.809. The van der Waals surface area contributed by atoms with E-state index < -0.39 is 34.9 Å². The van der Waals surface area contributed by atoms with E-state index >= 15 is 0 Å². The number of fused-ring (bicyclic) bond motifs is 1. The lowest BCUT2D eigenvalue weighted by Crippen LogP contribution is -2.41. The maximum atomic E-state index is 12.5. The highest BCUT2D eigenvalue weighted by Crippen LogP contribution is 2.30. The normalized spacial score (nSPS) is 14.0. The van der Waals surface area contributed by atoms with E-state index in [4.69, 9.17) is 0 Å². The van der Waals surface area contributed by atoms with Crippen molar-refractivity contribution >= 4 is 23.4 Å². The summed E-state index contributed by atoms with van der Waals surface area (Å²) in [5.74, 6) is -1.91. The van der Waals surface area contributed by atoms with Gasteiger partial charge in [-0.3, -0.25) is 29.4 Å². The molecule has 0 saturated carbocycles. The Kier molecular flexibility index (Phi) is 5.49. The quantitative estimate of drug-likeness (QED) is 0.450. The van der Waals surface area contributed by atoms with Gasteiger partial charge in [-0.1, -0.05) is 43.3 Å². The molecule has 28 heavy (non-hydrogen) atoms. The van der Waals surface area contributed by atoms with E-state index in [9.17, 15) is 24.5 Å². The fraction of sp³-hybridized carbons (Fsp3) is 0.250. The van der Waals surface area contributed by atoms with Crippen LogP contribution in [0.1, 0.15) is 45.5 Å². The van der Waals surface area contributed by atoms with E-state index in [2.05, 4.69) is 5.32 Å². The fourth-order valence-electron chi connectivity index (χ4n) is 3.27. The van der Waals surface area contributed by atoms with Crippen molar-refractivity contribution < 1.29 is 19.3 Å². The van der Waals surface area contributed by atoms with Crippen LogP contribution >= 0.6 is 0 Å². The van der Waals surface area contributed by atoms with Gasteiger partial charge in [0.25, 0.3) is 17.5 Å². The number of nitrogens with one attached hydrogen (secondary N) is 1. The molecule has 144 valence electrons. The molecule has 2 aromatic rings. The third-order valence-corrected chi connectivity index (χ3v) is 4.78. The molecule has 8 nitrogen and oxygen atoms in total. The zero-order valence-electron chi connectivity index (χ0n) is 15.3. The van der Waals surface area contributed by atoms with Crippen LogP contribution in [-0.2, 0) is 4.79 Å². The zero-order chi connectivity index (χ0) is 20.3. The molecule has 1 N–H and O–H groups in total. The van der Waals surface area contributed by atoms with Gasteiger partial charge in [0.1, 0.15) is 12.1 Å². The number of rotatable bonds is 7. The topological polar surface area (TPSA) is 110 Å². The maximum Gasteiger partial charge on any atom is 0.282 e. The molecule has 1 heterocycles. The first kappa shape index (κ1) is 19.2. The van der Waals surface area contributed by atoms with Crippen LogP contribution in [0, 0.1) is 10.1 Å². The molecule has 0 bridgehead atoms. The number of benzene rings is 2. The van der Waals surface area contributed by atoms with Gasteiger partial charge in [-0.2, -0.15) is 0 Å². The van der Waals surface area contributed by atoms with Crippen LogP contribution in [0.3, 0.4) is 0 Å². The van der Waals surface area contributed by atoms with Crippen molar-refractivity contribution in [1.29, 1.82) is 0 Å². The molecule has 0 aromatic heterocycles. The summed E-state index contributed by atoms with van der Waals surface area (Å²) in [6, 6.07) is 13.6. The van der Waals surface area contributed by atoms with E-state index in [1.807, 2.05) is 37.3 Å². The number of carbonyl (C=O) groups is 3. The van der Waals surface area contributed by atoms with Crippen molar-refractivity contribution in [3.05, 3.63) is 75.3 Å². The number of imide groups is 1. The molecule has 1 unspecified atom stereocenters. The molecule has 2 aromatic carbocycles. The smallest absolute Gasteiger partial charge is 0.282 e. The van der Waals surface area contributed by atoms with Gasteiger partial charge >= 0.3 is 0 Å². The molecular weight excluding hydrogens is 362 g/mol. The van der Waals surface area contributed by atoms with Crippen LogP contribution in [0.4, 0.5) is 5.69 Å². The van der Waals surface area contributed by atoms with Crippen LogP contribution in [0.25, 0.3) is 0 Å². The number of hydrogen-bond acceptors (Lipinski definition) is 5. The first-order valence-electron chi connectivity index (χ1n) is 8.89. The third-order valence-electron chi connectivity index (χ3n) is 4.78. The number of nitro groups is 1. The van der Waals surface area contributed by atoms with Crippen LogP contribution < -0.4 is 5.32 Å². The molecule has 0 spiro atoms. The molecule has 1 aliphatic heterocycles. The Hall–Kier alpha value is -3.55. The Labute approximate surface area is 161 Å². The van der Waals surface area contributed by atoms with Crippen LogP contribution in [0.2, 0.25) is 0 Å². The molecule has 1 atom stereocenters. The highest BCUT2D eigenvalue weighted by Gasteiger charge is 2.41. The molecule has 1 aliphatic rings. The maximum absolute atomic E-state index is 12.5. The second kappa shape index (κ2) is 7.99. The van der Waals surface area contributed by atoms with Gasteiger partial charge in [0, 0.05) is 18.5 Å². The van der Waals surface area contributed by atoms with E-state index in [0.717, 1.165) is 16.9 Å². The van der Waals surface area contributed by atoms with Crippen LogP contribution in [-0.4, -0.2) is 40.6 Å². The van der Waals surface area contributed by atoms with Gasteiger partial charge in [-0.05, 0) is 18.1 Å². The van der Waals surface area contributed by atoms with Crippen molar-refractivity contribution in [2.45, 2.75) is 19.3 Å². The molecular formula is C20H19N3O5. The van der Waals surface area contributed by atoms with Gasteiger partial charge < -0.3 is 5.32 Å². The van der Waals surface area contributed by atoms with Gasteiger partial charge in [-0.15, -0.1) is 0 Å². The van der Waals surface area contributed by atoms with Crippen molar-refractivity contribution in [3.63, 3.8) is 0 Å². The monoisotopic (exact) mass is 381 g/mol. The second-order valence-electron chi connectivity index (χ2n) is 6.47. The summed E-state index contributed by atoms with van der Waals surface area (Å²) in [5, 5.41) is 13.9. The Morgan fingerprint density at radius 2 is 1.82 bits per heavy atom. The Morgan fingerprint density at radius 3 is 2.46 bits per heavy atom. The fourth-order valence-corrected chi connectivity index (χ4v) is 3.27. The Balaban J connectivity index is 1.68. The summed E-state index contributed by atoms with van der Waals surface area (Å²) in [6.45, 7) is 1.89. The van der Waals surface area contributed by atoms with Crippen molar-refractivity contribution in [2.24, 2.45) is 0 Å². The number of nitrogens with zero attached hydrogens (tertiary/aromatic N) is 2. The standard InChI is InChI=1S/C20H19N3O5/c1-2-13(14-7-4-3-5-8-14)11-21-17(24)12-22-19(25)15-9-6-10-16(23(27)28)18(15)20(22)26/h3-10,13H,2,11-12H2,1H3,(H,21,24). The lowest BCUT2D eigenvalue weighted by atomic mass is 9.96. The molecule has 0 radical (unpaired) electrons. The molecule has 0 saturated heterocycles. The van der Waals surface area contributed by atoms with E-state index in [0.29, 0.717) is 6.54 Å². The summed E-state index contributed by atoms with van der Waals surface area (Å²) < 4.78 is 0. The predicted molar refractivity (Wildman–Crippen MR) is 101 cm³/mol. The first-order valence-corrected chi connectivity index (χ1v) is 8.89. The summed E-state index contributed by atoms with van der Waals surface area (Å²) >= 11 is 0. The minimum absolute atomic E-state index is 0.0530. The van der Waals surface area contributed by atoms with Gasteiger partial charge in [0.15, 0.2) is 0 Å². The van der Waals surface area contributed by atoms with Crippen LogP contribution in [0.5, 0.6) is 0 Å². The van der Waals surface area contributed by atoms with Gasteiger partial charge in [0.2, 0.25) is 5.91 Å². The van der Waals surface area contributed by atoms with E-state index in [1.165, 1.54) is 18.2 Å². The molecule has 0 aliphatic carbocycles. The van der Waals surface area contributed by atoms with Gasteiger partial charge in [0.05, 0.1) is 10.5 Å². The van der Waals surface area contributed by atoms with E-state index in [1.54, 1.807) is 0 Å². The largest absolute Gasteiger partial charge is 0.354 e. The van der Waals surface area contributed by atoms with Gasteiger partial charge in [-0.25, -0.2) is 0 Å². The Morgan fingerprint density at radius 1 is 1.11 bits per heavy atom. The number of hydrogen-bond donors (Lipinski definition) is 1. The van der Waals surface area contributed by atoms with E-state index in [-0.39, 0.29) is 17.0 Å². The minimum atomic E-state index is -0.822. The highest BCUT2D eigenvalue weighted by atomic mass is 16.6. The second-order valence-corrected chi connectivity index (χ2v) is 6.47. The molecule has 0 fully saturated rings. The number of carbonyl (C=O) groups excluding carboxylic acids is 3. The summed E-state index contributed by atoms with van der Waals surface area (Å²) in [4.78, 5) is 48.4. The SMILES string of the molecule is CCC(CNC(=O)CN1C(=O)c2cccc([N+](=O)[O-])c2C1=O)c1ccccc1. The number of amides is 3. The lowest BCUT2D eigenvalue weighted by Gasteiger charge is -2.18. The van der Waals surface area contributed by atoms with Crippen LogP contribution in [0.15, 0.2) is 48.5 Å². The molecule has 8 heteroatoms. The highest BCUT2D eigenvalue weighted by molar-refractivity contribution is 6.24. The average Bonchev–Trinajstić information content (AvgIpc) is 2.94. The van der Waals surface area contributed by atoms with Crippen molar-refractivity contribution in [3.8, 4) is 0 Å². The zero-order valence-corrected chi connectivity index (χ0v) is 15.3. The molecule has 3 amide bonds. The Bertz CT molecular complexity index is 942. The minimum Gasteiger partial charge on any atom is -0.354 e. The number of nitro benzene ring substituents is 1. The summed E-state index contributed by atoms with van der Waals surface area (Å²) in [7, 11) is 0. The predicted octanol–water partition coefficient (Wildman–Crippen LogP) is 2.50. The summed E-state index contributed by atoms with van der Waals surface area (Å²) in [5.41, 5.74) is 0.333. The lowest BCUT2D eigenvalue weighted by molar-refractivity contribution is -0.385. The average molecular weight is 381 g/mol. The van der Waals surface area contributed by atoms with Crippen molar-refractivity contribution in [1.82, 2.24) is 10.2 Å². The third kappa shape index (κ3) is 3.62.